The molecule has 1 heterocycles. The Hall–Kier alpha value is -2.99. The van der Waals surface area contributed by atoms with E-state index in [1.165, 1.54) is 0 Å². The van der Waals surface area contributed by atoms with Crippen molar-refractivity contribution in [3.8, 4) is 0 Å². The van der Waals surface area contributed by atoms with Gasteiger partial charge in [-0.1, -0.05) is 24.6 Å². The summed E-state index contributed by atoms with van der Waals surface area (Å²) in [5, 5.41) is 2.90. The number of carbonyl (C=O) groups is 3. The zero-order chi connectivity index (χ0) is 19.0. The summed E-state index contributed by atoms with van der Waals surface area (Å²) in [4.78, 5) is 38.9. The van der Waals surface area contributed by atoms with Crippen molar-refractivity contribution in [1.29, 1.82) is 0 Å². The number of benzene rings is 2. The lowest BCUT2D eigenvalue weighted by Crippen LogP contribution is -2.34. The summed E-state index contributed by atoms with van der Waals surface area (Å²) in [6.45, 7) is 0. The molecule has 1 saturated carbocycles. The highest BCUT2D eigenvalue weighted by molar-refractivity contribution is 6.34. The molecule has 1 aliphatic heterocycles. The van der Waals surface area contributed by atoms with Crippen LogP contribution in [0.1, 0.15) is 46.4 Å². The molecule has 2 unspecified atom stereocenters. The Labute approximate surface area is 157 Å². The first-order valence-electron chi connectivity index (χ1n) is 9.19. The highest BCUT2D eigenvalue weighted by Gasteiger charge is 2.36. The van der Waals surface area contributed by atoms with Gasteiger partial charge in [-0.15, -0.1) is 0 Å². The van der Waals surface area contributed by atoms with Crippen molar-refractivity contribution in [3.63, 3.8) is 0 Å². The lowest BCUT2D eigenvalue weighted by Gasteiger charge is -2.25. The Morgan fingerprint density at radius 1 is 1.00 bits per heavy atom. The van der Waals surface area contributed by atoms with Crippen molar-refractivity contribution in [1.82, 2.24) is 0 Å². The van der Waals surface area contributed by atoms with Gasteiger partial charge in [-0.25, -0.2) is 4.90 Å². The average Bonchev–Trinajstić information content (AvgIpc) is 2.93. The fourth-order valence-corrected chi connectivity index (χ4v) is 3.86. The van der Waals surface area contributed by atoms with Gasteiger partial charge in [0.2, 0.25) is 5.91 Å². The minimum Gasteiger partial charge on any atom is -0.328 e. The number of amides is 3. The second kappa shape index (κ2) is 6.96. The van der Waals surface area contributed by atoms with Crippen LogP contribution in [-0.4, -0.2) is 23.8 Å². The molecule has 0 radical (unpaired) electrons. The molecule has 1 fully saturated rings. The molecular weight excluding hydrogens is 342 g/mol. The van der Waals surface area contributed by atoms with Gasteiger partial charge in [0.05, 0.1) is 16.8 Å². The van der Waals surface area contributed by atoms with Crippen LogP contribution < -0.4 is 16.0 Å². The molecule has 6 heteroatoms. The van der Waals surface area contributed by atoms with E-state index in [4.69, 9.17) is 5.73 Å². The summed E-state index contributed by atoms with van der Waals surface area (Å²) in [7, 11) is 0. The molecule has 0 spiro atoms. The predicted molar refractivity (Wildman–Crippen MR) is 103 cm³/mol. The lowest BCUT2D eigenvalue weighted by atomic mass is 9.85. The van der Waals surface area contributed by atoms with E-state index in [9.17, 15) is 14.4 Å². The van der Waals surface area contributed by atoms with Gasteiger partial charge in [-0.05, 0) is 49.6 Å². The Kier molecular flexibility index (Phi) is 4.49. The van der Waals surface area contributed by atoms with Crippen LogP contribution in [0.2, 0.25) is 0 Å². The largest absolute Gasteiger partial charge is 0.328 e. The van der Waals surface area contributed by atoms with E-state index in [0.717, 1.165) is 24.2 Å². The number of nitrogens with zero attached hydrogens (tertiary/aromatic N) is 1. The fourth-order valence-electron chi connectivity index (χ4n) is 3.86. The maximum Gasteiger partial charge on any atom is 0.266 e. The molecule has 138 valence electrons. The van der Waals surface area contributed by atoms with Crippen LogP contribution in [-0.2, 0) is 4.79 Å². The number of nitrogens with two attached hydrogens (primary N) is 1. The molecule has 2 aromatic carbocycles. The summed E-state index contributed by atoms with van der Waals surface area (Å²) >= 11 is 0. The minimum atomic E-state index is -0.350. The number of fused-ring (bicyclic) bond motifs is 1. The number of hydrogen-bond acceptors (Lipinski definition) is 4. The van der Waals surface area contributed by atoms with E-state index in [2.05, 4.69) is 5.32 Å². The minimum absolute atomic E-state index is 0.0651. The Morgan fingerprint density at radius 3 is 2.37 bits per heavy atom. The number of hydrogen-bond donors (Lipinski definition) is 2. The first-order chi connectivity index (χ1) is 13.0. The molecule has 0 bridgehead atoms. The molecule has 2 aliphatic rings. The predicted octanol–water partition coefficient (Wildman–Crippen LogP) is 2.94. The third kappa shape index (κ3) is 3.24. The van der Waals surface area contributed by atoms with E-state index in [1.54, 1.807) is 48.5 Å². The van der Waals surface area contributed by atoms with Crippen molar-refractivity contribution >= 4 is 29.1 Å². The van der Waals surface area contributed by atoms with Crippen molar-refractivity contribution < 1.29 is 14.4 Å². The van der Waals surface area contributed by atoms with Crippen LogP contribution in [0, 0.1) is 5.92 Å². The van der Waals surface area contributed by atoms with Gasteiger partial charge in [-0.3, -0.25) is 14.4 Å². The average molecular weight is 363 g/mol. The van der Waals surface area contributed by atoms with Crippen LogP contribution in [0.15, 0.2) is 48.5 Å². The van der Waals surface area contributed by atoms with Gasteiger partial charge < -0.3 is 11.1 Å². The zero-order valence-electron chi connectivity index (χ0n) is 14.9. The maximum absolute atomic E-state index is 12.6. The van der Waals surface area contributed by atoms with Crippen LogP contribution in [0.25, 0.3) is 0 Å². The second-order valence-corrected chi connectivity index (χ2v) is 7.15. The molecule has 0 aromatic heterocycles. The number of rotatable bonds is 3. The molecule has 27 heavy (non-hydrogen) atoms. The maximum atomic E-state index is 12.6. The van der Waals surface area contributed by atoms with E-state index in [-0.39, 0.29) is 29.7 Å². The lowest BCUT2D eigenvalue weighted by molar-refractivity contribution is -0.120. The standard InChI is InChI=1S/C21H21N3O3/c22-14-6-3-5-13(11-14)19(25)23-15-7-4-8-16(12-15)24-20(26)17-9-1-2-10-18(17)21(24)27/h1-2,4,7-10,12-14H,3,5-6,11,22H2,(H,23,25). The van der Waals surface area contributed by atoms with Gasteiger partial charge in [0, 0.05) is 17.6 Å². The van der Waals surface area contributed by atoms with Crippen molar-refractivity contribution in [3.05, 3.63) is 59.7 Å². The third-order valence-electron chi connectivity index (χ3n) is 5.25. The molecule has 2 atom stereocenters. The topological polar surface area (TPSA) is 92.5 Å². The van der Waals surface area contributed by atoms with Gasteiger partial charge in [0.1, 0.15) is 0 Å². The second-order valence-electron chi connectivity index (χ2n) is 7.15. The van der Waals surface area contributed by atoms with Crippen LogP contribution >= 0.6 is 0 Å². The van der Waals surface area contributed by atoms with Gasteiger partial charge in [0.25, 0.3) is 11.8 Å². The number of anilines is 2. The van der Waals surface area contributed by atoms with E-state index in [1.807, 2.05) is 0 Å². The normalized spacial score (nSPS) is 21.9. The summed E-state index contributed by atoms with van der Waals surface area (Å²) < 4.78 is 0. The molecule has 2 aromatic rings. The number of nitrogens with one attached hydrogen (secondary N) is 1. The number of imide groups is 1. The van der Waals surface area contributed by atoms with E-state index in [0.29, 0.717) is 28.9 Å². The molecule has 6 nitrogen and oxygen atoms in total. The molecule has 0 saturated heterocycles. The van der Waals surface area contributed by atoms with E-state index < -0.39 is 0 Å². The van der Waals surface area contributed by atoms with Gasteiger partial charge in [-0.2, -0.15) is 0 Å². The summed E-state index contributed by atoms with van der Waals surface area (Å²) in [5.74, 6) is -0.865. The van der Waals surface area contributed by atoms with Crippen molar-refractivity contribution in [2.24, 2.45) is 11.7 Å². The van der Waals surface area contributed by atoms with Gasteiger partial charge in [0.15, 0.2) is 0 Å². The van der Waals surface area contributed by atoms with Crippen LogP contribution in [0.4, 0.5) is 11.4 Å². The third-order valence-corrected chi connectivity index (χ3v) is 5.25. The molecule has 4 rings (SSSR count). The Balaban J connectivity index is 1.54. The monoisotopic (exact) mass is 363 g/mol. The first kappa shape index (κ1) is 17.4. The summed E-state index contributed by atoms with van der Waals surface area (Å²) in [6, 6.07) is 13.7. The van der Waals surface area contributed by atoms with Crippen LogP contribution in [0.5, 0.6) is 0 Å². The quantitative estimate of drug-likeness (QED) is 0.820. The SMILES string of the molecule is NC1CCCC(C(=O)Nc2cccc(N3C(=O)c4ccccc4C3=O)c2)C1. The highest BCUT2D eigenvalue weighted by atomic mass is 16.2. The molecular formula is C21H21N3O3. The van der Waals surface area contributed by atoms with Crippen LogP contribution in [0.3, 0.4) is 0 Å². The van der Waals surface area contributed by atoms with E-state index >= 15 is 0 Å². The highest BCUT2D eigenvalue weighted by Crippen LogP contribution is 2.30. The Bertz CT molecular complexity index is 889. The fraction of sp³-hybridized carbons (Fsp3) is 0.286. The van der Waals surface area contributed by atoms with Crippen molar-refractivity contribution in [2.45, 2.75) is 31.7 Å². The summed E-state index contributed by atoms with van der Waals surface area (Å²) in [6.07, 6.45) is 3.43. The number of carbonyl (C=O) groups excluding carboxylic acids is 3. The molecule has 3 N–H and O–H groups in total. The first-order valence-corrected chi connectivity index (χ1v) is 9.19. The smallest absolute Gasteiger partial charge is 0.266 e. The van der Waals surface area contributed by atoms with Gasteiger partial charge >= 0.3 is 0 Å². The van der Waals surface area contributed by atoms with Crippen molar-refractivity contribution in [2.75, 3.05) is 10.2 Å². The zero-order valence-corrected chi connectivity index (χ0v) is 14.9. The summed E-state index contributed by atoms with van der Waals surface area (Å²) in [5.41, 5.74) is 7.77. The Morgan fingerprint density at radius 2 is 1.70 bits per heavy atom. The molecule has 1 aliphatic carbocycles. The molecule has 3 amide bonds.